The van der Waals surface area contributed by atoms with Crippen molar-refractivity contribution in [3.8, 4) is 0 Å². The van der Waals surface area contributed by atoms with E-state index < -0.39 is 0 Å². The average Bonchev–Trinajstić information content (AvgIpc) is 2.81. The molecule has 98 valence electrons. The zero-order valence-electron chi connectivity index (χ0n) is 11.0. The van der Waals surface area contributed by atoms with Gasteiger partial charge in [0.1, 0.15) is 0 Å². The van der Waals surface area contributed by atoms with E-state index in [1.54, 1.807) is 0 Å². The summed E-state index contributed by atoms with van der Waals surface area (Å²) in [5, 5.41) is 3.94. The van der Waals surface area contributed by atoms with Gasteiger partial charge in [0.2, 0.25) is 0 Å². The Morgan fingerprint density at radius 1 is 1.06 bits per heavy atom. The van der Waals surface area contributed by atoms with Crippen molar-refractivity contribution >= 4 is 0 Å². The Morgan fingerprint density at radius 2 is 1.88 bits per heavy atom. The smallest absolute Gasteiger partial charge is 0.0619 e. The van der Waals surface area contributed by atoms with Crippen LogP contribution in [0.25, 0.3) is 0 Å². The second-order valence-corrected chi connectivity index (χ2v) is 6.14. The summed E-state index contributed by atoms with van der Waals surface area (Å²) in [5.41, 5.74) is 0. The second kappa shape index (κ2) is 5.25. The fourth-order valence-corrected chi connectivity index (χ4v) is 3.86. The molecule has 3 aliphatic rings. The Hall–Kier alpha value is -0.120. The number of ether oxygens (including phenoxy) is 1. The Morgan fingerprint density at radius 3 is 2.71 bits per heavy atom. The van der Waals surface area contributed by atoms with Crippen LogP contribution in [-0.2, 0) is 4.74 Å². The van der Waals surface area contributed by atoms with Gasteiger partial charge in [-0.3, -0.25) is 0 Å². The van der Waals surface area contributed by atoms with Gasteiger partial charge in [0.15, 0.2) is 0 Å². The maximum atomic E-state index is 5.85. The van der Waals surface area contributed by atoms with E-state index in [1.165, 1.54) is 51.6 Å². The summed E-state index contributed by atoms with van der Waals surface area (Å²) >= 11 is 0. The third-order valence-electron chi connectivity index (χ3n) is 4.95. The van der Waals surface area contributed by atoms with E-state index in [1.807, 2.05) is 0 Å². The highest BCUT2D eigenvalue weighted by Crippen LogP contribution is 2.34. The molecule has 1 N–H and O–H groups in total. The molecule has 2 heterocycles. The van der Waals surface area contributed by atoms with Gasteiger partial charge in [0.25, 0.3) is 0 Å². The number of likely N-dealkylation sites (tertiary alicyclic amines) is 1. The molecular weight excluding hydrogens is 212 g/mol. The predicted molar refractivity (Wildman–Crippen MR) is 69.1 cm³/mol. The molecule has 2 saturated heterocycles. The quantitative estimate of drug-likeness (QED) is 0.791. The van der Waals surface area contributed by atoms with Gasteiger partial charge in [0, 0.05) is 24.6 Å². The number of hydrogen-bond donors (Lipinski definition) is 1. The van der Waals surface area contributed by atoms with Crippen molar-refractivity contribution in [1.82, 2.24) is 10.2 Å². The number of hydrogen-bond acceptors (Lipinski definition) is 3. The third kappa shape index (κ3) is 2.67. The van der Waals surface area contributed by atoms with E-state index in [-0.39, 0.29) is 0 Å². The first-order valence-electron chi connectivity index (χ1n) is 7.39. The zero-order valence-corrected chi connectivity index (χ0v) is 11.0. The minimum absolute atomic E-state index is 0.576. The molecular formula is C14H26N2O. The molecule has 1 saturated carbocycles. The molecule has 3 nitrogen and oxygen atoms in total. The van der Waals surface area contributed by atoms with Crippen molar-refractivity contribution < 1.29 is 4.74 Å². The topological polar surface area (TPSA) is 24.5 Å². The van der Waals surface area contributed by atoms with Gasteiger partial charge in [-0.1, -0.05) is 0 Å². The molecule has 1 aliphatic carbocycles. The van der Waals surface area contributed by atoms with Crippen LogP contribution in [0.1, 0.15) is 38.5 Å². The molecule has 3 rings (SSSR count). The van der Waals surface area contributed by atoms with Crippen LogP contribution in [-0.4, -0.2) is 49.8 Å². The van der Waals surface area contributed by atoms with Crippen molar-refractivity contribution in [2.24, 2.45) is 5.92 Å². The fourth-order valence-electron chi connectivity index (χ4n) is 3.86. The highest BCUT2D eigenvalue weighted by atomic mass is 16.5. The molecule has 0 aromatic rings. The minimum atomic E-state index is 0.576. The SMILES string of the molecule is CN1CCC(N[C@@H]2CCC[C@H]3OCC[C@@H]23)CC1. The van der Waals surface area contributed by atoms with Gasteiger partial charge in [-0.25, -0.2) is 0 Å². The van der Waals surface area contributed by atoms with E-state index in [4.69, 9.17) is 4.74 Å². The van der Waals surface area contributed by atoms with Crippen molar-refractivity contribution in [2.75, 3.05) is 26.7 Å². The van der Waals surface area contributed by atoms with Gasteiger partial charge >= 0.3 is 0 Å². The first-order chi connectivity index (χ1) is 8.33. The van der Waals surface area contributed by atoms with Crippen molar-refractivity contribution in [3.05, 3.63) is 0 Å². The largest absolute Gasteiger partial charge is 0.378 e. The van der Waals surface area contributed by atoms with Crippen LogP contribution in [0.15, 0.2) is 0 Å². The first-order valence-corrected chi connectivity index (χ1v) is 7.39. The number of rotatable bonds is 2. The standard InChI is InChI=1S/C14H26N2O/c1-16-8-5-11(6-9-16)15-13-3-2-4-14-12(13)7-10-17-14/h11-15H,2-10H2,1H3/t12-,13+,14+/m0/s1. The molecule has 0 unspecified atom stereocenters. The highest BCUT2D eigenvalue weighted by Gasteiger charge is 2.38. The van der Waals surface area contributed by atoms with E-state index in [0.29, 0.717) is 6.10 Å². The molecule has 0 amide bonds. The lowest BCUT2D eigenvalue weighted by molar-refractivity contribution is 0.0489. The zero-order chi connectivity index (χ0) is 11.7. The summed E-state index contributed by atoms with van der Waals surface area (Å²) in [5.74, 6) is 0.809. The summed E-state index contributed by atoms with van der Waals surface area (Å²) in [6.45, 7) is 3.52. The first kappa shape index (κ1) is 11.9. The summed E-state index contributed by atoms with van der Waals surface area (Å²) in [6, 6.07) is 1.50. The fraction of sp³-hybridized carbons (Fsp3) is 1.00. The molecule has 0 radical (unpaired) electrons. The number of fused-ring (bicyclic) bond motifs is 1. The number of nitrogens with zero attached hydrogens (tertiary/aromatic N) is 1. The van der Waals surface area contributed by atoms with Gasteiger partial charge in [-0.2, -0.15) is 0 Å². The normalized spacial score (nSPS) is 40.4. The molecule has 0 bridgehead atoms. The van der Waals surface area contributed by atoms with E-state index in [0.717, 1.165) is 24.6 Å². The van der Waals surface area contributed by atoms with Crippen molar-refractivity contribution in [2.45, 2.75) is 56.7 Å². The van der Waals surface area contributed by atoms with Crippen LogP contribution in [0.4, 0.5) is 0 Å². The van der Waals surface area contributed by atoms with Crippen LogP contribution < -0.4 is 5.32 Å². The van der Waals surface area contributed by atoms with Crippen LogP contribution in [0, 0.1) is 5.92 Å². The third-order valence-corrected chi connectivity index (χ3v) is 4.95. The number of piperidine rings is 1. The molecule has 0 spiro atoms. The Balaban J connectivity index is 1.53. The van der Waals surface area contributed by atoms with Crippen LogP contribution in [0.3, 0.4) is 0 Å². The van der Waals surface area contributed by atoms with Crippen molar-refractivity contribution in [3.63, 3.8) is 0 Å². The van der Waals surface area contributed by atoms with Gasteiger partial charge < -0.3 is 15.0 Å². The number of nitrogens with one attached hydrogen (secondary N) is 1. The summed E-state index contributed by atoms with van der Waals surface area (Å²) in [6.07, 6.45) is 8.54. The molecule has 0 aromatic heterocycles. The van der Waals surface area contributed by atoms with Crippen LogP contribution in [0.2, 0.25) is 0 Å². The van der Waals surface area contributed by atoms with E-state index in [2.05, 4.69) is 17.3 Å². The maximum absolute atomic E-state index is 5.85. The summed E-state index contributed by atoms with van der Waals surface area (Å²) < 4.78 is 5.85. The Bertz CT molecular complexity index is 251. The van der Waals surface area contributed by atoms with E-state index in [9.17, 15) is 0 Å². The summed E-state index contributed by atoms with van der Waals surface area (Å²) in [7, 11) is 2.23. The molecule has 3 fully saturated rings. The molecule has 3 heteroatoms. The highest BCUT2D eigenvalue weighted by molar-refractivity contribution is 4.92. The lowest BCUT2D eigenvalue weighted by atomic mass is 9.81. The van der Waals surface area contributed by atoms with Gasteiger partial charge in [0.05, 0.1) is 6.10 Å². The van der Waals surface area contributed by atoms with E-state index >= 15 is 0 Å². The van der Waals surface area contributed by atoms with Crippen LogP contribution in [0.5, 0.6) is 0 Å². The monoisotopic (exact) mass is 238 g/mol. The van der Waals surface area contributed by atoms with Crippen molar-refractivity contribution in [1.29, 1.82) is 0 Å². The summed E-state index contributed by atoms with van der Waals surface area (Å²) in [4.78, 5) is 2.44. The molecule has 0 aromatic carbocycles. The lowest BCUT2D eigenvalue weighted by Gasteiger charge is -2.38. The minimum Gasteiger partial charge on any atom is -0.378 e. The second-order valence-electron chi connectivity index (χ2n) is 6.14. The molecule has 17 heavy (non-hydrogen) atoms. The Labute approximate surface area is 105 Å². The van der Waals surface area contributed by atoms with Crippen LogP contribution >= 0.6 is 0 Å². The molecule has 2 aliphatic heterocycles. The predicted octanol–water partition coefficient (Wildman–Crippen LogP) is 1.63. The molecule has 3 atom stereocenters. The Kier molecular flexibility index (Phi) is 3.69. The maximum Gasteiger partial charge on any atom is 0.0619 e. The average molecular weight is 238 g/mol. The lowest BCUT2D eigenvalue weighted by Crippen LogP contribution is -2.50. The van der Waals surface area contributed by atoms with Gasteiger partial charge in [-0.15, -0.1) is 0 Å². The van der Waals surface area contributed by atoms with Gasteiger partial charge in [-0.05, 0) is 58.7 Å².